The Hall–Kier alpha value is -1.71. The predicted octanol–water partition coefficient (Wildman–Crippen LogP) is 2.12. The Morgan fingerprint density at radius 3 is 2.47 bits per heavy atom. The predicted molar refractivity (Wildman–Crippen MR) is 76.7 cm³/mol. The fourth-order valence-corrected chi connectivity index (χ4v) is 2.15. The summed E-state index contributed by atoms with van der Waals surface area (Å²) >= 11 is 0. The molecule has 0 aliphatic rings. The van der Waals surface area contributed by atoms with Crippen molar-refractivity contribution in [2.24, 2.45) is 0 Å². The van der Waals surface area contributed by atoms with E-state index in [0.29, 0.717) is 0 Å². The number of likely N-dealkylation sites (N-methyl/N-ethyl adjacent to an activating group) is 1. The van der Waals surface area contributed by atoms with Crippen LogP contribution in [0.25, 0.3) is 0 Å². The highest BCUT2D eigenvalue weighted by atomic mass is 16.3. The molecule has 100 valence electrons. The van der Waals surface area contributed by atoms with E-state index in [1.165, 1.54) is 5.56 Å². The van der Waals surface area contributed by atoms with Gasteiger partial charge in [0.15, 0.2) is 0 Å². The third-order valence-corrected chi connectivity index (χ3v) is 3.30. The first-order valence-corrected chi connectivity index (χ1v) is 6.53. The van der Waals surface area contributed by atoms with Crippen molar-refractivity contribution in [2.45, 2.75) is 19.0 Å². The minimum atomic E-state index is 0.127. The van der Waals surface area contributed by atoms with Crippen LogP contribution in [-0.4, -0.2) is 34.7 Å². The van der Waals surface area contributed by atoms with Gasteiger partial charge >= 0.3 is 0 Å². The Morgan fingerprint density at radius 2 is 1.84 bits per heavy atom. The minimum absolute atomic E-state index is 0.127. The number of aliphatic hydroxyl groups excluding tert-OH is 1. The van der Waals surface area contributed by atoms with E-state index in [1.54, 1.807) is 6.20 Å². The standard InChI is InChI=1S/C16H20N2O/c1-18(12-15-8-5-9-17-11-15)16(13-19)10-14-6-3-2-4-7-14/h2-9,11,16,19H,10,12-13H2,1H3/t16-/m0/s1. The van der Waals surface area contributed by atoms with Gasteiger partial charge in [0.2, 0.25) is 0 Å². The molecule has 1 heterocycles. The van der Waals surface area contributed by atoms with Gasteiger partial charge in [-0.3, -0.25) is 9.88 Å². The van der Waals surface area contributed by atoms with Crippen molar-refractivity contribution in [1.29, 1.82) is 0 Å². The molecule has 0 spiro atoms. The van der Waals surface area contributed by atoms with Crippen molar-refractivity contribution in [3.8, 4) is 0 Å². The number of pyridine rings is 1. The Balaban J connectivity index is 1.97. The van der Waals surface area contributed by atoms with Gasteiger partial charge in [0.25, 0.3) is 0 Å². The zero-order chi connectivity index (χ0) is 13.5. The van der Waals surface area contributed by atoms with Crippen LogP contribution in [0.3, 0.4) is 0 Å². The molecule has 3 heteroatoms. The van der Waals surface area contributed by atoms with Crippen LogP contribution in [-0.2, 0) is 13.0 Å². The maximum Gasteiger partial charge on any atom is 0.0590 e. The Morgan fingerprint density at radius 1 is 1.11 bits per heavy atom. The number of benzene rings is 1. The van der Waals surface area contributed by atoms with Crippen molar-refractivity contribution in [2.75, 3.05) is 13.7 Å². The van der Waals surface area contributed by atoms with Crippen molar-refractivity contribution in [1.82, 2.24) is 9.88 Å². The second-order valence-corrected chi connectivity index (χ2v) is 4.80. The van der Waals surface area contributed by atoms with E-state index in [0.717, 1.165) is 18.5 Å². The highest BCUT2D eigenvalue weighted by Crippen LogP contribution is 2.10. The summed E-state index contributed by atoms with van der Waals surface area (Å²) in [5.74, 6) is 0. The van der Waals surface area contributed by atoms with E-state index in [4.69, 9.17) is 0 Å². The third kappa shape index (κ3) is 4.16. The summed E-state index contributed by atoms with van der Waals surface area (Å²) in [6.45, 7) is 0.956. The lowest BCUT2D eigenvalue weighted by Gasteiger charge is -2.26. The van der Waals surface area contributed by atoms with Crippen LogP contribution >= 0.6 is 0 Å². The molecule has 1 atom stereocenters. The van der Waals surface area contributed by atoms with Crippen LogP contribution in [0.4, 0.5) is 0 Å². The molecular weight excluding hydrogens is 236 g/mol. The lowest BCUT2D eigenvalue weighted by atomic mass is 10.1. The fraction of sp³-hybridized carbons (Fsp3) is 0.312. The molecule has 0 saturated heterocycles. The molecule has 1 aromatic heterocycles. The van der Waals surface area contributed by atoms with Crippen LogP contribution in [0, 0.1) is 0 Å². The molecule has 0 bridgehead atoms. The number of rotatable bonds is 6. The minimum Gasteiger partial charge on any atom is -0.395 e. The molecule has 3 nitrogen and oxygen atoms in total. The first-order valence-electron chi connectivity index (χ1n) is 6.53. The van der Waals surface area contributed by atoms with Gasteiger partial charge in [-0.2, -0.15) is 0 Å². The Labute approximate surface area is 114 Å². The molecule has 19 heavy (non-hydrogen) atoms. The number of aliphatic hydroxyl groups is 1. The van der Waals surface area contributed by atoms with Crippen molar-refractivity contribution in [3.63, 3.8) is 0 Å². The van der Waals surface area contributed by atoms with E-state index in [9.17, 15) is 5.11 Å². The summed E-state index contributed by atoms with van der Waals surface area (Å²) in [7, 11) is 2.04. The molecule has 1 aromatic carbocycles. The molecule has 0 fully saturated rings. The maximum absolute atomic E-state index is 9.58. The van der Waals surface area contributed by atoms with E-state index < -0.39 is 0 Å². The van der Waals surface area contributed by atoms with Crippen molar-refractivity contribution < 1.29 is 5.11 Å². The highest BCUT2D eigenvalue weighted by molar-refractivity contribution is 5.16. The molecule has 0 amide bonds. The van der Waals surface area contributed by atoms with Gasteiger partial charge in [-0.15, -0.1) is 0 Å². The molecule has 2 rings (SSSR count). The molecule has 1 N–H and O–H groups in total. The summed E-state index contributed by atoms with van der Waals surface area (Å²) in [6, 6.07) is 14.4. The van der Waals surface area contributed by atoms with Gasteiger partial charge in [0.05, 0.1) is 6.61 Å². The lowest BCUT2D eigenvalue weighted by Crippen LogP contribution is -2.36. The quantitative estimate of drug-likeness (QED) is 0.860. The molecule has 0 aliphatic carbocycles. The van der Waals surface area contributed by atoms with Crippen molar-refractivity contribution >= 4 is 0 Å². The van der Waals surface area contributed by atoms with Gasteiger partial charge in [-0.05, 0) is 30.7 Å². The summed E-state index contributed by atoms with van der Waals surface area (Å²) < 4.78 is 0. The van der Waals surface area contributed by atoms with Gasteiger partial charge in [-0.25, -0.2) is 0 Å². The first-order chi connectivity index (χ1) is 9.29. The van der Waals surface area contributed by atoms with Crippen LogP contribution < -0.4 is 0 Å². The lowest BCUT2D eigenvalue weighted by molar-refractivity contribution is 0.141. The van der Waals surface area contributed by atoms with Gasteiger partial charge in [0.1, 0.15) is 0 Å². The number of hydrogen-bond acceptors (Lipinski definition) is 3. The zero-order valence-electron chi connectivity index (χ0n) is 11.2. The third-order valence-electron chi connectivity index (χ3n) is 3.30. The second-order valence-electron chi connectivity index (χ2n) is 4.80. The van der Waals surface area contributed by atoms with Crippen LogP contribution in [0.5, 0.6) is 0 Å². The summed E-state index contributed by atoms with van der Waals surface area (Å²) in [4.78, 5) is 6.29. The maximum atomic E-state index is 9.58. The van der Waals surface area contributed by atoms with Crippen molar-refractivity contribution in [3.05, 3.63) is 66.0 Å². The van der Waals surface area contributed by atoms with E-state index in [1.807, 2.05) is 37.5 Å². The van der Waals surface area contributed by atoms with Crippen LogP contribution in [0.15, 0.2) is 54.9 Å². The largest absolute Gasteiger partial charge is 0.395 e. The molecule has 0 saturated carbocycles. The average molecular weight is 256 g/mol. The monoisotopic (exact) mass is 256 g/mol. The van der Waals surface area contributed by atoms with Gasteiger partial charge in [0, 0.05) is 25.0 Å². The average Bonchev–Trinajstić information content (AvgIpc) is 2.47. The molecular formula is C16H20N2O. The SMILES string of the molecule is CN(Cc1cccnc1)[C@H](CO)Cc1ccccc1. The summed E-state index contributed by atoms with van der Waals surface area (Å²) in [5, 5.41) is 9.58. The van der Waals surface area contributed by atoms with Crippen LogP contribution in [0.1, 0.15) is 11.1 Å². The van der Waals surface area contributed by atoms with E-state index in [2.05, 4.69) is 28.1 Å². The molecule has 0 radical (unpaired) electrons. The number of aromatic nitrogens is 1. The Kier molecular flexibility index (Phi) is 5.07. The number of hydrogen-bond donors (Lipinski definition) is 1. The van der Waals surface area contributed by atoms with Gasteiger partial charge < -0.3 is 5.11 Å². The molecule has 0 aliphatic heterocycles. The molecule has 2 aromatic rings. The summed E-state index contributed by atoms with van der Waals surface area (Å²) in [6.07, 6.45) is 4.50. The Bertz CT molecular complexity index is 473. The number of nitrogens with zero attached hydrogens (tertiary/aromatic N) is 2. The van der Waals surface area contributed by atoms with Crippen LogP contribution in [0.2, 0.25) is 0 Å². The van der Waals surface area contributed by atoms with Gasteiger partial charge in [-0.1, -0.05) is 36.4 Å². The van der Waals surface area contributed by atoms with E-state index in [-0.39, 0.29) is 12.6 Å². The fourth-order valence-electron chi connectivity index (χ4n) is 2.15. The zero-order valence-corrected chi connectivity index (χ0v) is 11.2. The highest BCUT2D eigenvalue weighted by Gasteiger charge is 2.14. The first kappa shape index (κ1) is 13.7. The normalized spacial score (nSPS) is 12.6. The van der Waals surface area contributed by atoms with E-state index >= 15 is 0 Å². The molecule has 0 unspecified atom stereocenters. The second kappa shape index (κ2) is 7.02. The smallest absolute Gasteiger partial charge is 0.0590 e. The summed E-state index contributed by atoms with van der Waals surface area (Å²) in [5.41, 5.74) is 2.41. The topological polar surface area (TPSA) is 36.4 Å².